The molecule has 0 bridgehead atoms. The first-order valence-electron chi connectivity index (χ1n) is 8.38. The minimum Gasteiger partial charge on any atom is -0.455 e. The lowest BCUT2D eigenvalue weighted by molar-refractivity contribution is -0.147. The molecule has 2 rings (SSSR count). The number of ether oxygens (including phenoxy) is 1. The van der Waals surface area contributed by atoms with E-state index in [9.17, 15) is 18.8 Å². The van der Waals surface area contributed by atoms with Crippen molar-refractivity contribution in [3.63, 3.8) is 0 Å². The van der Waals surface area contributed by atoms with Gasteiger partial charge in [0.1, 0.15) is 5.82 Å². The number of carbonyl (C=O) groups excluding carboxylic acids is 3. The molecule has 2 aromatic carbocycles. The molecular weight excluding hydrogens is 351 g/mol. The number of hydrogen-bond donors (Lipinski definition) is 2. The standard InChI is InChI=1S/C20H21FN2O4/c1-13-4-3-5-17(14(13)2)23-18(24)11-22-19(25)12-27-20(26)10-15-6-8-16(21)9-7-15/h3-9H,10-12H2,1-2H3,(H,22,25)(H,23,24). The Bertz CT molecular complexity index is 834. The van der Waals surface area contributed by atoms with Crippen LogP contribution in [0.2, 0.25) is 0 Å². The molecule has 6 nitrogen and oxygen atoms in total. The van der Waals surface area contributed by atoms with Crippen LogP contribution in [-0.4, -0.2) is 30.9 Å². The first-order chi connectivity index (χ1) is 12.8. The smallest absolute Gasteiger partial charge is 0.310 e. The highest BCUT2D eigenvalue weighted by molar-refractivity contribution is 5.95. The molecule has 0 atom stereocenters. The van der Waals surface area contributed by atoms with Gasteiger partial charge in [0.2, 0.25) is 5.91 Å². The summed E-state index contributed by atoms with van der Waals surface area (Å²) in [6.07, 6.45) is -0.0688. The molecule has 0 aliphatic rings. The van der Waals surface area contributed by atoms with Gasteiger partial charge in [-0.1, -0.05) is 24.3 Å². The van der Waals surface area contributed by atoms with Crippen molar-refractivity contribution in [2.45, 2.75) is 20.3 Å². The number of halogens is 1. The van der Waals surface area contributed by atoms with Crippen LogP contribution in [0.5, 0.6) is 0 Å². The van der Waals surface area contributed by atoms with Crippen molar-refractivity contribution in [2.75, 3.05) is 18.5 Å². The number of rotatable bonds is 7. The van der Waals surface area contributed by atoms with Crippen LogP contribution in [0.25, 0.3) is 0 Å². The summed E-state index contributed by atoms with van der Waals surface area (Å²) in [4.78, 5) is 35.3. The van der Waals surface area contributed by atoms with Gasteiger partial charge >= 0.3 is 5.97 Å². The molecule has 0 aliphatic carbocycles. The number of hydrogen-bond acceptors (Lipinski definition) is 4. The van der Waals surface area contributed by atoms with E-state index in [2.05, 4.69) is 10.6 Å². The minimum atomic E-state index is -0.614. The van der Waals surface area contributed by atoms with E-state index in [4.69, 9.17) is 4.74 Å². The molecule has 2 aromatic rings. The molecule has 0 saturated heterocycles. The lowest BCUT2D eigenvalue weighted by Crippen LogP contribution is -2.35. The van der Waals surface area contributed by atoms with Gasteiger partial charge < -0.3 is 15.4 Å². The van der Waals surface area contributed by atoms with Crippen molar-refractivity contribution in [3.05, 3.63) is 65.0 Å². The van der Waals surface area contributed by atoms with E-state index >= 15 is 0 Å². The van der Waals surface area contributed by atoms with Gasteiger partial charge in [0.15, 0.2) is 6.61 Å². The van der Waals surface area contributed by atoms with Gasteiger partial charge in [0.05, 0.1) is 13.0 Å². The van der Waals surface area contributed by atoms with Crippen molar-refractivity contribution in [3.8, 4) is 0 Å². The van der Waals surface area contributed by atoms with E-state index in [1.807, 2.05) is 26.0 Å². The second-order valence-corrected chi connectivity index (χ2v) is 6.04. The molecule has 142 valence electrons. The zero-order valence-electron chi connectivity index (χ0n) is 15.2. The van der Waals surface area contributed by atoms with Crippen LogP contribution < -0.4 is 10.6 Å². The van der Waals surface area contributed by atoms with Crippen LogP contribution in [0.1, 0.15) is 16.7 Å². The maximum absolute atomic E-state index is 12.8. The topological polar surface area (TPSA) is 84.5 Å². The van der Waals surface area contributed by atoms with Gasteiger partial charge in [-0.3, -0.25) is 14.4 Å². The monoisotopic (exact) mass is 372 g/mol. The Morgan fingerprint density at radius 2 is 1.70 bits per heavy atom. The average Bonchev–Trinajstić information content (AvgIpc) is 2.64. The van der Waals surface area contributed by atoms with E-state index in [1.165, 1.54) is 24.3 Å². The van der Waals surface area contributed by atoms with Gasteiger partial charge in [-0.05, 0) is 48.7 Å². The highest BCUT2D eigenvalue weighted by Gasteiger charge is 2.11. The second-order valence-electron chi connectivity index (χ2n) is 6.04. The molecular formula is C20H21FN2O4. The summed E-state index contributed by atoms with van der Waals surface area (Å²) in [6, 6.07) is 11.0. The van der Waals surface area contributed by atoms with Gasteiger partial charge in [-0.15, -0.1) is 0 Å². The van der Waals surface area contributed by atoms with Gasteiger partial charge in [-0.2, -0.15) is 0 Å². The SMILES string of the molecule is Cc1cccc(NC(=O)CNC(=O)COC(=O)Cc2ccc(F)cc2)c1C. The Morgan fingerprint density at radius 1 is 1.00 bits per heavy atom. The number of esters is 1. The summed E-state index contributed by atoms with van der Waals surface area (Å²) in [7, 11) is 0. The summed E-state index contributed by atoms with van der Waals surface area (Å²) in [5.74, 6) is -1.98. The summed E-state index contributed by atoms with van der Waals surface area (Å²) in [5, 5.41) is 5.10. The molecule has 0 spiro atoms. The third-order valence-electron chi connectivity index (χ3n) is 3.95. The van der Waals surface area contributed by atoms with Crippen molar-refractivity contribution in [1.82, 2.24) is 5.32 Å². The van der Waals surface area contributed by atoms with Crippen molar-refractivity contribution >= 4 is 23.5 Å². The van der Waals surface area contributed by atoms with Crippen LogP contribution in [-0.2, 0) is 25.5 Å². The lowest BCUT2D eigenvalue weighted by Gasteiger charge is -2.11. The van der Waals surface area contributed by atoms with Gasteiger partial charge in [0, 0.05) is 5.69 Å². The Hall–Kier alpha value is -3.22. The maximum atomic E-state index is 12.8. The Morgan fingerprint density at radius 3 is 2.41 bits per heavy atom. The summed E-state index contributed by atoms with van der Waals surface area (Å²) in [5.41, 5.74) is 3.26. The molecule has 7 heteroatoms. The van der Waals surface area contributed by atoms with Crippen molar-refractivity contribution in [2.24, 2.45) is 0 Å². The number of carbonyl (C=O) groups is 3. The number of aryl methyl sites for hydroxylation is 1. The van der Waals surface area contributed by atoms with E-state index in [1.54, 1.807) is 6.07 Å². The van der Waals surface area contributed by atoms with Crippen LogP contribution in [0.4, 0.5) is 10.1 Å². The van der Waals surface area contributed by atoms with E-state index in [0.717, 1.165) is 11.1 Å². The van der Waals surface area contributed by atoms with Crippen LogP contribution in [0.15, 0.2) is 42.5 Å². The fourth-order valence-electron chi connectivity index (χ4n) is 2.28. The van der Waals surface area contributed by atoms with Gasteiger partial charge in [-0.25, -0.2) is 4.39 Å². The maximum Gasteiger partial charge on any atom is 0.310 e. The summed E-state index contributed by atoms with van der Waals surface area (Å²) in [6.45, 7) is 3.11. The molecule has 0 radical (unpaired) electrons. The van der Waals surface area contributed by atoms with E-state index in [0.29, 0.717) is 11.3 Å². The van der Waals surface area contributed by atoms with Crippen LogP contribution >= 0.6 is 0 Å². The Labute approximate surface area is 156 Å². The van der Waals surface area contributed by atoms with Gasteiger partial charge in [0.25, 0.3) is 5.91 Å². The van der Waals surface area contributed by atoms with Crippen molar-refractivity contribution in [1.29, 1.82) is 0 Å². The zero-order valence-corrected chi connectivity index (χ0v) is 15.2. The lowest BCUT2D eigenvalue weighted by atomic mass is 10.1. The third kappa shape index (κ3) is 6.54. The Balaban J connectivity index is 1.70. The molecule has 2 amide bonds. The fourth-order valence-corrected chi connectivity index (χ4v) is 2.28. The first-order valence-corrected chi connectivity index (χ1v) is 8.38. The normalized spacial score (nSPS) is 10.2. The van der Waals surface area contributed by atoms with Crippen LogP contribution in [0, 0.1) is 19.7 Å². The van der Waals surface area contributed by atoms with E-state index in [-0.39, 0.29) is 18.9 Å². The van der Waals surface area contributed by atoms with Crippen LogP contribution in [0.3, 0.4) is 0 Å². The number of benzene rings is 2. The molecule has 0 heterocycles. The predicted molar refractivity (Wildman–Crippen MR) is 98.6 cm³/mol. The number of amides is 2. The first kappa shape index (κ1) is 20.1. The summed E-state index contributed by atoms with van der Waals surface area (Å²) < 4.78 is 17.7. The molecule has 0 aliphatic heterocycles. The summed E-state index contributed by atoms with van der Waals surface area (Å²) >= 11 is 0. The molecule has 0 aromatic heterocycles. The number of nitrogens with one attached hydrogen (secondary N) is 2. The second kappa shape index (κ2) is 9.47. The molecule has 27 heavy (non-hydrogen) atoms. The largest absolute Gasteiger partial charge is 0.455 e. The minimum absolute atomic E-state index is 0.0688. The quantitative estimate of drug-likeness (QED) is 0.731. The highest BCUT2D eigenvalue weighted by atomic mass is 19.1. The van der Waals surface area contributed by atoms with Crippen molar-refractivity contribution < 1.29 is 23.5 Å². The Kier molecular flexibility index (Phi) is 7.05. The molecule has 2 N–H and O–H groups in total. The third-order valence-corrected chi connectivity index (χ3v) is 3.95. The fraction of sp³-hybridized carbons (Fsp3) is 0.250. The number of anilines is 1. The molecule has 0 unspecified atom stereocenters. The highest BCUT2D eigenvalue weighted by Crippen LogP contribution is 2.17. The molecule has 0 saturated carbocycles. The zero-order chi connectivity index (χ0) is 19.8. The van der Waals surface area contributed by atoms with E-state index < -0.39 is 24.3 Å². The molecule has 0 fully saturated rings. The average molecular weight is 372 g/mol. The predicted octanol–water partition coefficient (Wildman–Crippen LogP) is 2.28.